The molecule has 3 aromatic carbocycles. The number of anilines is 1. The molecule has 0 saturated carbocycles. The Kier molecular flexibility index (Phi) is 8.92. The Bertz CT molecular complexity index is 1990. The van der Waals surface area contributed by atoms with Crippen LogP contribution in [0.15, 0.2) is 67.0 Å². The van der Waals surface area contributed by atoms with E-state index in [0.29, 0.717) is 12.4 Å². The first-order chi connectivity index (χ1) is 23.5. The second kappa shape index (κ2) is 13.2. The molecule has 3 N–H and O–H groups in total. The summed E-state index contributed by atoms with van der Waals surface area (Å²) in [5.41, 5.74) is 4.61. The number of hydrogen-bond donors (Lipinski definition) is 3. The Labute approximate surface area is 288 Å². The van der Waals surface area contributed by atoms with Gasteiger partial charge in [0, 0.05) is 0 Å². The molecule has 7 rings (SSSR count). The van der Waals surface area contributed by atoms with Gasteiger partial charge in [-0.15, -0.1) is 0 Å². The zero-order valence-electron chi connectivity index (χ0n) is 27.2. The molecule has 2 aliphatic rings. The third kappa shape index (κ3) is 6.42. The number of imidazole rings is 2. The van der Waals surface area contributed by atoms with E-state index in [4.69, 9.17) is 9.72 Å². The van der Waals surface area contributed by atoms with Gasteiger partial charge in [-0.2, -0.15) is 0 Å². The number of methoxy groups -OCH3 is 1. The van der Waals surface area contributed by atoms with Crippen molar-refractivity contribution in [2.75, 3.05) is 21.2 Å². The van der Waals surface area contributed by atoms with E-state index in [2.05, 4.69) is 47.6 Å². The molecule has 10 nitrogen and oxygen atoms in total. The average Bonchev–Trinajstić information content (AvgIpc) is 3.90. The van der Waals surface area contributed by atoms with Gasteiger partial charge in [-0.1, -0.05) is 0 Å². The van der Waals surface area contributed by atoms with E-state index in [0.717, 1.165) is 57.0 Å². The summed E-state index contributed by atoms with van der Waals surface area (Å²) in [6, 6.07) is 16.9. The molecule has 2 fully saturated rings. The number of hydrogen-bond acceptors (Lipinski definition) is 6. The van der Waals surface area contributed by atoms with Crippen LogP contribution in [0.1, 0.15) is 62.1 Å². The summed E-state index contributed by atoms with van der Waals surface area (Å²) in [6.45, 7) is 4.32. The van der Waals surface area contributed by atoms with E-state index in [-0.39, 0.29) is 23.9 Å². The number of benzene rings is 3. The summed E-state index contributed by atoms with van der Waals surface area (Å²) in [7, 11) is 1.27. The molecule has 0 aliphatic carbocycles. The molecule has 0 spiro atoms. The van der Waals surface area contributed by atoms with Crippen molar-refractivity contribution in [1.82, 2.24) is 30.2 Å². The summed E-state index contributed by atoms with van der Waals surface area (Å²) in [5.74, 6) is 0.384. The summed E-state index contributed by atoms with van der Waals surface area (Å²) < 4.78 is 49.7. The van der Waals surface area contributed by atoms with Crippen LogP contribution in [-0.2, 0) is 15.7 Å². The first kappa shape index (κ1) is 33.2. The van der Waals surface area contributed by atoms with Crippen LogP contribution in [0.5, 0.6) is 0 Å². The van der Waals surface area contributed by atoms with Crippen molar-refractivity contribution in [1.29, 1.82) is 0 Å². The molecule has 5 aromatic rings. The van der Waals surface area contributed by atoms with Gasteiger partial charge in [0.05, 0.1) is 7.11 Å². The van der Waals surface area contributed by atoms with Crippen LogP contribution in [0, 0.1) is 9.49 Å². The molecule has 0 bridgehead atoms. The molecular weight excluding hydrogens is 750 g/mol. The SMILES string of the molecule is COC(=O)N[C@H](C(=O)N1CCC[C@H]1c1nc2ccc(I3CC[C@H](c4ccc5nc[nH]c5c4)N3c3ccc(C(F)(F)F)cc3)cc2[nH]1)C(C)C. The number of likely N-dealkylation sites (tertiary alicyclic amines) is 1. The van der Waals surface area contributed by atoms with Crippen LogP contribution in [-0.4, -0.2) is 61.0 Å². The Morgan fingerprint density at radius 1 is 1.00 bits per heavy atom. The van der Waals surface area contributed by atoms with Crippen LogP contribution < -0.4 is 8.43 Å². The van der Waals surface area contributed by atoms with E-state index in [1.54, 1.807) is 23.4 Å². The number of aromatic nitrogens is 4. The summed E-state index contributed by atoms with van der Waals surface area (Å²) in [5, 5.41) is 2.69. The fourth-order valence-corrected chi connectivity index (χ4v) is 13.4. The number of H-pyrrole nitrogens is 2. The first-order valence-corrected chi connectivity index (χ1v) is 19.8. The fourth-order valence-electron chi connectivity index (χ4n) is 6.80. The number of amides is 2. The molecule has 258 valence electrons. The van der Waals surface area contributed by atoms with Crippen molar-refractivity contribution >= 4 is 59.8 Å². The molecule has 14 heteroatoms. The second-order valence-electron chi connectivity index (χ2n) is 12.7. The molecule has 49 heavy (non-hydrogen) atoms. The van der Waals surface area contributed by atoms with Crippen LogP contribution in [0.4, 0.5) is 23.7 Å². The van der Waals surface area contributed by atoms with E-state index in [1.165, 1.54) is 22.8 Å². The third-order valence-corrected chi connectivity index (χ3v) is 15.5. The fraction of sp³-hybridized carbons (Fsp3) is 0.371. The number of halogens is 4. The van der Waals surface area contributed by atoms with Gasteiger partial charge in [0.2, 0.25) is 0 Å². The van der Waals surface area contributed by atoms with E-state index >= 15 is 0 Å². The minimum atomic E-state index is -4.41. The Morgan fingerprint density at radius 2 is 1.78 bits per heavy atom. The summed E-state index contributed by atoms with van der Waals surface area (Å²) in [4.78, 5) is 43.4. The van der Waals surface area contributed by atoms with Gasteiger partial charge in [-0.25, -0.2) is 0 Å². The molecule has 3 atom stereocenters. The quantitative estimate of drug-likeness (QED) is 0.0883. The molecule has 2 aliphatic heterocycles. The number of rotatable bonds is 7. The predicted octanol–water partition coefficient (Wildman–Crippen LogP) is 7.74. The van der Waals surface area contributed by atoms with Gasteiger partial charge in [0.1, 0.15) is 0 Å². The van der Waals surface area contributed by atoms with Gasteiger partial charge in [0.15, 0.2) is 0 Å². The van der Waals surface area contributed by atoms with Crippen molar-refractivity contribution in [3.8, 4) is 0 Å². The average molecular weight is 788 g/mol. The van der Waals surface area contributed by atoms with Crippen LogP contribution in [0.3, 0.4) is 0 Å². The second-order valence-corrected chi connectivity index (χ2v) is 18.0. The van der Waals surface area contributed by atoms with Crippen molar-refractivity contribution < 1.29 is 27.5 Å². The van der Waals surface area contributed by atoms with Gasteiger partial charge in [0.25, 0.3) is 0 Å². The number of carbonyl (C=O) groups excluding carboxylic acids is 2. The van der Waals surface area contributed by atoms with E-state index in [9.17, 15) is 22.8 Å². The topological polar surface area (TPSA) is 119 Å². The van der Waals surface area contributed by atoms with Crippen molar-refractivity contribution in [2.45, 2.75) is 57.4 Å². The molecule has 2 amide bonds. The minimum absolute atomic E-state index is 0.00627. The van der Waals surface area contributed by atoms with Crippen LogP contribution in [0.25, 0.3) is 22.1 Å². The summed E-state index contributed by atoms with van der Waals surface area (Å²) >= 11 is -2.18. The molecule has 0 unspecified atom stereocenters. The van der Waals surface area contributed by atoms with E-state index < -0.39 is 44.0 Å². The number of nitrogens with one attached hydrogen (secondary N) is 3. The van der Waals surface area contributed by atoms with Crippen molar-refractivity contribution in [3.05, 3.63) is 87.5 Å². The van der Waals surface area contributed by atoms with Crippen molar-refractivity contribution in [3.63, 3.8) is 0 Å². The van der Waals surface area contributed by atoms with Crippen LogP contribution >= 0.6 is 20.1 Å². The van der Waals surface area contributed by atoms with Crippen molar-refractivity contribution in [2.24, 2.45) is 5.92 Å². The van der Waals surface area contributed by atoms with Gasteiger partial charge < -0.3 is 0 Å². The maximum absolute atomic E-state index is 13.7. The number of alkyl halides is 4. The summed E-state index contributed by atoms with van der Waals surface area (Å²) in [6.07, 6.45) is -0.983. The number of fused-ring (bicyclic) bond motifs is 2. The first-order valence-electron chi connectivity index (χ1n) is 16.2. The number of carbonyl (C=O) groups is 2. The molecular formula is C35H37F3IN7O3. The Hall–Kier alpha value is -4.34. The predicted molar refractivity (Wildman–Crippen MR) is 189 cm³/mol. The molecule has 2 saturated heterocycles. The van der Waals surface area contributed by atoms with Gasteiger partial charge in [-0.05, 0) is 0 Å². The Morgan fingerprint density at radius 3 is 2.51 bits per heavy atom. The molecule has 4 heterocycles. The third-order valence-electron chi connectivity index (χ3n) is 9.28. The number of ether oxygens (including phenoxy) is 1. The number of aromatic amines is 2. The zero-order chi connectivity index (χ0) is 34.4. The van der Waals surface area contributed by atoms with Gasteiger partial charge in [-0.3, -0.25) is 0 Å². The molecule has 0 radical (unpaired) electrons. The Balaban J connectivity index is 1.20. The van der Waals surface area contributed by atoms with Gasteiger partial charge >= 0.3 is 282 Å². The van der Waals surface area contributed by atoms with E-state index in [1.807, 2.05) is 26.0 Å². The monoisotopic (exact) mass is 787 g/mol. The number of alkyl carbamates (subject to hydrolysis) is 1. The van der Waals surface area contributed by atoms with Crippen LogP contribution in [0.2, 0.25) is 0 Å². The number of nitrogens with zero attached hydrogens (tertiary/aromatic N) is 4. The molecule has 2 aromatic heterocycles. The normalized spacial score (nSPS) is 19.7. The maximum atomic E-state index is 13.7. The zero-order valence-corrected chi connectivity index (χ0v) is 29.4. The standard InChI is InChI=1S/C35H37F3IN7O3/c1-20(2)31(44-34(48)49-3)33(47)45-16-4-5-30(45)32-42-26-13-9-23(18-28(26)43-32)39-15-14-29(21-6-12-25-27(17-21)41-19-40-25)46(39)24-10-7-22(8-11-24)35(36,37)38/h6-13,17-20,29-31H,4-5,14-16H2,1-3H3,(H,40,41)(H,42,43)(H,44,48)/t29-,30+,31+/m1/s1.